The quantitative estimate of drug-likeness (QED) is 0.581. The van der Waals surface area contributed by atoms with Gasteiger partial charge in [0.15, 0.2) is 0 Å². The summed E-state index contributed by atoms with van der Waals surface area (Å²) in [7, 11) is 0. The highest BCUT2D eigenvalue weighted by atomic mass is 14.4. The van der Waals surface area contributed by atoms with Crippen LogP contribution in [0.2, 0.25) is 0 Å². The minimum atomic E-state index is 0.111. The van der Waals surface area contributed by atoms with Crippen molar-refractivity contribution in [3.05, 3.63) is 58.7 Å². The summed E-state index contributed by atoms with van der Waals surface area (Å²) in [6.45, 7) is 13.8. The lowest BCUT2D eigenvalue weighted by Crippen LogP contribution is -2.18. The minimum absolute atomic E-state index is 0.111. The highest BCUT2D eigenvalue weighted by molar-refractivity contribution is 5.81. The van der Waals surface area contributed by atoms with Gasteiger partial charge < -0.3 is 0 Å². The Morgan fingerprint density at radius 2 is 1.50 bits per heavy atom. The largest absolute Gasteiger partial charge is 0.0619 e. The molecule has 0 amide bonds. The van der Waals surface area contributed by atoms with Gasteiger partial charge in [-0.05, 0) is 45.7 Å². The maximum Gasteiger partial charge on any atom is 0.0158 e. The summed E-state index contributed by atoms with van der Waals surface area (Å²) in [6, 6.07) is 13.7. The molecule has 3 rings (SSSR count). The molecule has 0 fully saturated rings. The Morgan fingerprint density at radius 3 is 2.15 bits per heavy atom. The van der Waals surface area contributed by atoms with Crippen molar-refractivity contribution in [1.82, 2.24) is 0 Å². The third-order valence-electron chi connectivity index (χ3n) is 4.74. The third kappa shape index (κ3) is 1.74. The molecule has 0 spiro atoms. The van der Waals surface area contributed by atoms with Crippen LogP contribution in [0.4, 0.5) is 0 Å². The van der Waals surface area contributed by atoms with Crippen LogP contribution < -0.4 is 0 Å². The maximum absolute atomic E-state index is 2.45. The van der Waals surface area contributed by atoms with E-state index < -0.39 is 0 Å². The molecule has 0 bridgehead atoms. The van der Waals surface area contributed by atoms with Crippen molar-refractivity contribution in [3.63, 3.8) is 0 Å². The minimum Gasteiger partial charge on any atom is -0.0619 e. The molecule has 0 heteroatoms. The molecule has 0 nitrogen and oxygen atoms in total. The van der Waals surface area contributed by atoms with Gasteiger partial charge in [-0.15, -0.1) is 0 Å². The van der Waals surface area contributed by atoms with Crippen LogP contribution in [0, 0.1) is 6.92 Å². The molecule has 0 N–H and O–H groups in total. The molecule has 0 atom stereocenters. The zero-order chi connectivity index (χ0) is 14.7. The molecule has 2 aromatic rings. The number of hydrogen-bond acceptors (Lipinski definition) is 0. The molecule has 0 unspecified atom stereocenters. The Balaban J connectivity index is 2.33. The lowest BCUT2D eigenvalue weighted by atomic mass is 9.77. The SMILES string of the molecule is Cc1cc2c(cc1C(C)(C)C)C(C)(C)c1ccccc1-2. The van der Waals surface area contributed by atoms with Gasteiger partial charge in [-0.3, -0.25) is 0 Å². The van der Waals surface area contributed by atoms with E-state index in [0.717, 1.165) is 0 Å². The second kappa shape index (κ2) is 3.97. The molecular formula is C20H24. The highest BCUT2D eigenvalue weighted by Gasteiger charge is 2.36. The van der Waals surface area contributed by atoms with Crippen LogP contribution in [0.5, 0.6) is 0 Å². The van der Waals surface area contributed by atoms with E-state index in [1.807, 2.05) is 0 Å². The fraction of sp³-hybridized carbons (Fsp3) is 0.400. The maximum atomic E-state index is 2.45. The molecule has 0 saturated carbocycles. The van der Waals surface area contributed by atoms with Crippen molar-refractivity contribution >= 4 is 0 Å². The van der Waals surface area contributed by atoms with E-state index >= 15 is 0 Å². The second-order valence-corrected chi connectivity index (χ2v) is 7.63. The van der Waals surface area contributed by atoms with E-state index in [-0.39, 0.29) is 10.8 Å². The first kappa shape index (κ1) is 13.4. The molecule has 0 heterocycles. The van der Waals surface area contributed by atoms with Gasteiger partial charge in [0.05, 0.1) is 0 Å². The van der Waals surface area contributed by atoms with Crippen molar-refractivity contribution in [2.45, 2.75) is 52.4 Å². The van der Waals surface area contributed by atoms with E-state index in [9.17, 15) is 0 Å². The standard InChI is InChI=1S/C20H24/c1-13-11-15-14-9-7-8-10-16(14)20(5,6)18(15)12-17(13)19(2,3)4/h7-12H,1-6H3. The van der Waals surface area contributed by atoms with Gasteiger partial charge in [-0.25, -0.2) is 0 Å². The average Bonchev–Trinajstić information content (AvgIpc) is 2.57. The third-order valence-corrected chi connectivity index (χ3v) is 4.74. The van der Waals surface area contributed by atoms with Crippen molar-refractivity contribution in [2.75, 3.05) is 0 Å². The monoisotopic (exact) mass is 264 g/mol. The number of rotatable bonds is 0. The van der Waals surface area contributed by atoms with Crippen molar-refractivity contribution in [2.24, 2.45) is 0 Å². The first-order valence-electron chi connectivity index (χ1n) is 7.48. The predicted octanol–water partition coefficient (Wildman–Crippen LogP) is 5.60. The molecule has 1 aliphatic carbocycles. The number of hydrogen-bond donors (Lipinski definition) is 0. The summed E-state index contributed by atoms with van der Waals surface area (Å²) in [5, 5.41) is 0. The lowest BCUT2D eigenvalue weighted by molar-refractivity contribution is 0.580. The normalized spacial score (nSPS) is 15.9. The summed E-state index contributed by atoms with van der Waals surface area (Å²) >= 11 is 0. The van der Waals surface area contributed by atoms with Gasteiger partial charge in [0.1, 0.15) is 0 Å². The molecule has 1 aliphatic rings. The van der Waals surface area contributed by atoms with Gasteiger partial charge in [-0.1, -0.05) is 71.0 Å². The zero-order valence-corrected chi connectivity index (χ0v) is 13.5. The zero-order valence-electron chi connectivity index (χ0n) is 13.5. The number of benzene rings is 2. The predicted molar refractivity (Wildman–Crippen MR) is 87.4 cm³/mol. The van der Waals surface area contributed by atoms with Crippen LogP contribution in [0.1, 0.15) is 56.9 Å². The number of fused-ring (bicyclic) bond motifs is 3. The molecule has 0 aromatic heterocycles. The molecule has 0 saturated heterocycles. The van der Waals surface area contributed by atoms with E-state index in [2.05, 4.69) is 77.9 Å². The van der Waals surface area contributed by atoms with Crippen LogP contribution in [0.25, 0.3) is 11.1 Å². The Morgan fingerprint density at radius 1 is 0.850 bits per heavy atom. The van der Waals surface area contributed by atoms with Crippen molar-refractivity contribution < 1.29 is 0 Å². The van der Waals surface area contributed by atoms with Gasteiger partial charge in [0, 0.05) is 5.41 Å². The summed E-state index contributed by atoms with van der Waals surface area (Å²) in [5.74, 6) is 0. The first-order valence-corrected chi connectivity index (χ1v) is 7.48. The summed E-state index contributed by atoms with van der Waals surface area (Å²) in [4.78, 5) is 0. The van der Waals surface area contributed by atoms with Gasteiger partial charge in [0.25, 0.3) is 0 Å². The fourth-order valence-electron chi connectivity index (χ4n) is 3.66. The van der Waals surface area contributed by atoms with E-state index in [1.54, 1.807) is 0 Å². The summed E-state index contributed by atoms with van der Waals surface area (Å²) in [5.41, 5.74) is 8.96. The molecular weight excluding hydrogens is 240 g/mol. The van der Waals surface area contributed by atoms with Gasteiger partial charge in [-0.2, -0.15) is 0 Å². The smallest absolute Gasteiger partial charge is 0.0158 e. The van der Waals surface area contributed by atoms with Crippen LogP contribution in [-0.2, 0) is 10.8 Å². The topological polar surface area (TPSA) is 0 Å². The Kier molecular flexibility index (Phi) is 2.67. The lowest BCUT2D eigenvalue weighted by Gasteiger charge is -2.27. The van der Waals surface area contributed by atoms with E-state index in [4.69, 9.17) is 0 Å². The molecule has 20 heavy (non-hydrogen) atoms. The van der Waals surface area contributed by atoms with Crippen LogP contribution in [0.3, 0.4) is 0 Å². The second-order valence-electron chi connectivity index (χ2n) is 7.63. The fourth-order valence-corrected chi connectivity index (χ4v) is 3.66. The highest BCUT2D eigenvalue weighted by Crippen LogP contribution is 2.50. The summed E-state index contributed by atoms with van der Waals surface area (Å²) in [6.07, 6.45) is 0. The van der Waals surface area contributed by atoms with Crippen molar-refractivity contribution in [1.29, 1.82) is 0 Å². The van der Waals surface area contributed by atoms with Gasteiger partial charge in [0.2, 0.25) is 0 Å². The van der Waals surface area contributed by atoms with Crippen LogP contribution >= 0.6 is 0 Å². The van der Waals surface area contributed by atoms with Crippen LogP contribution in [-0.4, -0.2) is 0 Å². The van der Waals surface area contributed by atoms with E-state index in [0.29, 0.717) is 0 Å². The first-order chi connectivity index (χ1) is 9.23. The van der Waals surface area contributed by atoms with E-state index in [1.165, 1.54) is 33.4 Å². The number of aryl methyl sites for hydroxylation is 1. The molecule has 0 radical (unpaired) electrons. The Labute approximate surface area is 122 Å². The summed E-state index contributed by atoms with van der Waals surface area (Å²) < 4.78 is 0. The van der Waals surface area contributed by atoms with Crippen LogP contribution in [0.15, 0.2) is 36.4 Å². The molecule has 0 aliphatic heterocycles. The average molecular weight is 264 g/mol. The molecule has 104 valence electrons. The van der Waals surface area contributed by atoms with Crippen molar-refractivity contribution in [3.8, 4) is 11.1 Å². The molecule has 2 aromatic carbocycles. The van der Waals surface area contributed by atoms with Gasteiger partial charge >= 0.3 is 0 Å². The Bertz CT molecular complexity index is 682. The Hall–Kier alpha value is -1.56.